The van der Waals surface area contributed by atoms with E-state index in [0.29, 0.717) is 18.1 Å². The third kappa shape index (κ3) is 4.19. The lowest BCUT2D eigenvalue weighted by Gasteiger charge is -2.15. The zero-order valence-electron chi connectivity index (χ0n) is 14.1. The van der Waals surface area contributed by atoms with Crippen molar-refractivity contribution in [3.63, 3.8) is 0 Å². The van der Waals surface area contributed by atoms with Crippen LogP contribution >= 0.6 is 11.3 Å². The number of hydrogen-bond donors (Lipinski definition) is 1. The summed E-state index contributed by atoms with van der Waals surface area (Å²) in [7, 11) is 1.75. The van der Waals surface area contributed by atoms with Crippen molar-refractivity contribution in [1.29, 1.82) is 0 Å². The molecule has 0 fully saturated rings. The van der Waals surface area contributed by atoms with Gasteiger partial charge in [-0.2, -0.15) is 0 Å². The molecule has 0 atom stereocenters. The van der Waals surface area contributed by atoms with Crippen molar-refractivity contribution in [3.05, 3.63) is 59.4 Å². The lowest BCUT2D eigenvalue weighted by Crippen LogP contribution is -2.26. The molecule has 1 amide bonds. The normalized spacial score (nSPS) is 10.5. The topological polar surface area (TPSA) is 71.0 Å². The van der Waals surface area contributed by atoms with E-state index in [9.17, 15) is 4.79 Å². The third-order valence-corrected chi connectivity index (χ3v) is 4.49. The summed E-state index contributed by atoms with van der Waals surface area (Å²) >= 11 is 1.58. The fourth-order valence-electron chi connectivity index (χ4n) is 2.32. The van der Waals surface area contributed by atoms with Gasteiger partial charge in [0.2, 0.25) is 5.95 Å². The summed E-state index contributed by atoms with van der Waals surface area (Å²) in [6.07, 6.45) is 3.08. The monoisotopic (exact) mass is 353 g/mol. The highest BCUT2D eigenvalue weighted by Crippen LogP contribution is 2.23. The zero-order chi connectivity index (χ0) is 17.6. The summed E-state index contributed by atoms with van der Waals surface area (Å²) in [4.78, 5) is 27.0. The van der Waals surface area contributed by atoms with Gasteiger partial charge in [-0.25, -0.2) is 15.0 Å². The average molecular weight is 353 g/mol. The van der Waals surface area contributed by atoms with E-state index in [0.717, 1.165) is 22.8 Å². The van der Waals surface area contributed by atoms with E-state index in [1.807, 2.05) is 42.6 Å². The first-order chi connectivity index (χ1) is 12.2. The van der Waals surface area contributed by atoms with Crippen molar-refractivity contribution in [3.8, 4) is 10.6 Å². The summed E-state index contributed by atoms with van der Waals surface area (Å²) in [5.74, 6) is 0.394. The van der Waals surface area contributed by atoms with Crippen LogP contribution in [0.2, 0.25) is 0 Å². The first kappa shape index (κ1) is 17.0. The summed E-state index contributed by atoms with van der Waals surface area (Å²) in [5.41, 5.74) is 2.41. The predicted molar refractivity (Wildman–Crippen MR) is 99.5 cm³/mol. The number of carbonyl (C=O) groups is 1. The Hall–Kier alpha value is -2.80. The smallest absolute Gasteiger partial charge is 0.257 e. The number of anilines is 1. The first-order valence-electron chi connectivity index (χ1n) is 7.98. The van der Waals surface area contributed by atoms with Gasteiger partial charge in [-0.1, -0.05) is 30.3 Å². The number of rotatable bonds is 6. The molecule has 0 radical (unpaired) electrons. The number of thiazole rings is 1. The molecule has 25 heavy (non-hydrogen) atoms. The molecular formula is C18H19N5OS. The maximum Gasteiger partial charge on any atom is 0.257 e. The van der Waals surface area contributed by atoms with Crippen molar-refractivity contribution < 1.29 is 4.79 Å². The molecule has 2 aromatic heterocycles. The average Bonchev–Trinajstić information content (AvgIpc) is 3.11. The Morgan fingerprint density at radius 1 is 1.20 bits per heavy atom. The number of amides is 1. The van der Waals surface area contributed by atoms with E-state index in [-0.39, 0.29) is 5.91 Å². The number of hydrogen-bond acceptors (Lipinski definition) is 6. The van der Waals surface area contributed by atoms with Gasteiger partial charge in [0.25, 0.3) is 5.91 Å². The minimum Gasteiger partial charge on any atom is -0.355 e. The summed E-state index contributed by atoms with van der Waals surface area (Å²) in [6.45, 7) is 3.14. The minimum absolute atomic E-state index is 0.127. The van der Waals surface area contributed by atoms with Crippen molar-refractivity contribution in [2.45, 2.75) is 13.5 Å². The molecule has 0 aliphatic carbocycles. The highest BCUT2D eigenvalue weighted by atomic mass is 32.1. The van der Waals surface area contributed by atoms with Gasteiger partial charge >= 0.3 is 0 Å². The molecule has 3 rings (SSSR count). The molecule has 1 aromatic carbocycles. The molecule has 3 aromatic rings. The highest BCUT2D eigenvalue weighted by Gasteiger charge is 2.15. The van der Waals surface area contributed by atoms with Crippen LogP contribution in [-0.4, -0.2) is 39.4 Å². The van der Waals surface area contributed by atoms with Gasteiger partial charge in [0.05, 0.1) is 17.8 Å². The van der Waals surface area contributed by atoms with Crippen LogP contribution in [0.5, 0.6) is 0 Å². The molecule has 128 valence electrons. The largest absolute Gasteiger partial charge is 0.355 e. The van der Waals surface area contributed by atoms with Gasteiger partial charge in [-0.15, -0.1) is 11.3 Å². The fourth-order valence-corrected chi connectivity index (χ4v) is 3.13. The summed E-state index contributed by atoms with van der Waals surface area (Å²) in [5, 5.41) is 5.94. The quantitative estimate of drug-likeness (QED) is 0.736. The maximum atomic E-state index is 12.5. The first-order valence-corrected chi connectivity index (χ1v) is 8.86. The van der Waals surface area contributed by atoms with Crippen molar-refractivity contribution in [1.82, 2.24) is 19.9 Å². The molecule has 2 heterocycles. The van der Waals surface area contributed by atoms with Crippen LogP contribution in [0.3, 0.4) is 0 Å². The van der Waals surface area contributed by atoms with Gasteiger partial charge in [0.15, 0.2) is 0 Å². The molecule has 0 unspecified atom stereocenters. The van der Waals surface area contributed by atoms with Gasteiger partial charge in [-0.3, -0.25) is 4.79 Å². The second-order valence-corrected chi connectivity index (χ2v) is 6.36. The zero-order valence-corrected chi connectivity index (χ0v) is 15.0. The Morgan fingerprint density at radius 2 is 1.92 bits per heavy atom. The molecular weight excluding hydrogens is 334 g/mol. The fraction of sp³-hybridized carbons (Fsp3) is 0.222. The predicted octanol–water partition coefficient (Wildman–Crippen LogP) is 3.30. The van der Waals surface area contributed by atoms with E-state index in [1.165, 1.54) is 0 Å². The molecule has 1 N–H and O–H groups in total. The SMILES string of the molecule is CCNc1ncc(C(=O)N(C)Cc2csc(-c3ccccc3)n2)cn1. The highest BCUT2D eigenvalue weighted by molar-refractivity contribution is 7.13. The van der Waals surface area contributed by atoms with Crippen LogP contribution < -0.4 is 5.32 Å². The number of nitrogens with one attached hydrogen (secondary N) is 1. The summed E-state index contributed by atoms with van der Waals surface area (Å²) in [6, 6.07) is 10.0. The van der Waals surface area contributed by atoms with Crippen LogP contribution in [-0.2, 0) is 6.54 Å². The Labute approximate surface area is 150 Å². The molecule has 0 aliphatic rings. The van der Waals surface area contributed by atoms with Crippen LogP contribution in [0.4, 0.5) is 5.95 Å². The van der Waals surface area contributed by atoms with Crippen LogP contribution in [0.15, 0.2) is 48.1 Å². The lowest BCUT2D eigenvalue weighted by molar-refractivity contribution is 0.0783. The van der Waals surface area contributed by atoms with Gasteiger partial charge in [0.1, 0.15) is 5.01 Å². The van der Waals surface area contributed by atoms with Crippen molar-refractivity contribution >= 4 is 23.2 Å². The number of aromatic nitrogens is 3. The molecule has 6 nitrogen and oxygen atoms in total. The second kappa shape index (κ2) is 7.85. The molecule has 0 spiro atoms. The Bertz CT molecular complexity index is 832. The summed E-state index contributed by atoms with van der Waals surface area (Å²) < 4.78 is 0. The molecule has 0 aliphatic heterocycles. The Kier molecular flexibility index (Phi) is 5.35. The van der Waals surface area contributed by atoms with E-state index < -0.39 is 0 Å². The molecule has 0 bridgehead atoms. The molecule has 7 heteroatoms. The standard InChI is InChI=1S/C18H19N5OS/c1-3-19-18-20-9-14(10-21-18)17(24)23(2)11-15-12-25-16(22-15)13-7-5-4-6-8-13/h4-10,12H,3,11H2,1-2H3,(H,19,20,21). The maximum absolute atomic E-state index is 12.5. The van der Waals surface area contributed by atoms with E-state index in [4.69, 9.17) is 0 Å². The number of carbonyl (C=O) groups excluding carboxylic acids is 1. The van der Waals surface area contributed by atoms with Crippen LogP contribution in [0.25, 0.3) is 10.6 Å². The van der Waals surface area contributed by atoms with Crippen LogP contribution in [0, 0.1) is 0 Å². The molecule has 0 saturated carbocycles. The van der Waals surface area contributed by atoms with Gasteiger partial charge < -0.3 is 10.2 Å². The van der Waals surface area contributed by atoms with E-state index in [1.54, 1.807) is 35.7 Å². The lowest BCUT2D eigenvalue weighted by atomic mass is 10.2. The Morgan fingerprint density at radius 3 is 2.60 bits per heavy atom. The number of benzene rings is 1. The van der Waals surface area contributed by atoms with E-state index in [2.05, 4.69) is 20.3 Å². The van der Waals surface area contributed by atoms with Crippen molar-refractivity contribution in [2.24, 2.45) is 0 Å². The van der Waals surface area contributed by atoms with E-state index >= 15 is 0 Å². The Balaban J connectivity index is 1.66. The van der Waals surface area contributed by atoms with Crippen molar-refractivity contribution in [2.75, 3.05) is 18.9 Å². The van der Waals surface area contributed by atoms with Crippen LogP contribution in [0.1, 0.15) is 23.0 Å². The third-order valence-electron chi connectivity index (χ3n) is 3.55. The van der Waals surface area contributed by atoms with Gasteiger partial charge in [0, 0.05) is 36.9 Å². The minimum atomic E-state index is -0.127. The van der Waals surface area contributed by atoms with Gasteiger partial charge in [-0.05, 0) is 6.92 Å². The molecule has 0 saturated heterocycles. The number of nitrogens with zero attached hydrogens (tertiary/aromatic N) is 4. The second-order valence-electron chi connectivity index (χ2n) is 5.50.